The minimum atomic E-state index is -1.38. The highest BCUT2D eigenvalue weighted by Gasteiger charge is 2.44. The second kappa shape index (κ2) is 15.1. The number of allylic oxidation sites excluding steroid dienone is 2. The SMILES string of the molecule is COC(=O)C[C@H](C1=C(O)C(=O)C([C@@H](CC(=O)OC)c2cc(OC)c(OC)cc2OC)=C(O)C1=O)c1cc(OC)c(OC)cc1OC. The summed E-state index contributed by atoms with van der Waals surface area (Å²) in [5, 5.41) is 22.8. The molecule has 0 fully saturated rings. The number of benzene rings is 2. The van der Waals surface area contributed by atoms with Gasteiger partial charge in [-0.2, -0.15) is 0 Å². The number of esters is 2. The lowest BCUT2D eigenvalue weighted by Crippen LogP contribution is -2.31. The summed E-state index contributed by atoms with van der Waals surface area (Å²) in [6.45, 7) is 0. The third-order valence-corrected chi connectivity index (χ3v) is 7.55. The van der Waals surface area contributed by atoms with E-state index in [1.165, 1.54) is 66.9 Å². The van der Waals surface area contributed by atoms with Gasteiger partial charge >= 0.3 is 11.9 Å². The van der Waals surface area contributed by atoms with E-state index in [1.807, 2.05) is 0 Å². The zero-order valence-electron chi connectivity index (χ0n) is 26.7. The van der Waals surface area contributed by atoms with Crippen molar-refractivity contribution in [2.75, 3.05) is 56.9 Å². The monoisotopic (exact) mass is 644 g/mol. The quantitative estimate of drug-likeness (QED) is 0.225. The molecule has 0 bridgehead atoms. The predicted octanol–water partition coefficient (Wildman–Crippen LogP) is 3.51. The molecule has 248 valence electrons. The fourth-order valence-corrected chi connectivity index (χ4v) is 5.25. The zero-order chi connectivity index (χ0) is 34.3. The first-order valence-electron chi connectivity index (χ1n) is 13.7. The third kappa shape index (κ3) is 6.65. The Morgan fingerprint density at radius 1 is 0.522 bits per heavy atom. The van der Waals surface area contributed by atoms with E-state index in [0.29, 0.717) is 0 Å². The normalized spacial score (nSPS) is 14.3. The van der Waals surface area contributed by atoms with E-state index in [9.17, 15) is 29.4 Å². The largest absolute Gasteiger partial charge is 0.504 e. The van der Waals surface area contributed by atoms with Crippen molar-refractivity contribution in [2.24, 2.45) is 0 Å². The number of carbonyl (C=O) groups excluding carboxylic acids is 4. The van der Waals surface area contributed by atoms with Crippen LogP contribution in [0.2, 0.25) is 0 Å². The maximum absolute atomic E-state index is 14.0. The molecule has 2 aromatic rings. The molecule has 0 heterocycles. The van der Waals surface area contributed by atoms with Crippen LogP contribution in [-0.4, -0.2) is 90.6 Å². The summed E-state index contributed by atoms with van der Waals surface area (Å²) < 4.78 is 42.0. The van der Waals surface area contributed by atoms with Crippen molar-refractivity contribution >= 4 is 23.5 Å². The van der Waals surface area contributed by atoms with E-state index < -0.39 is 70.8 Å². The third-order valence-electron chi connectivity index (χ3n) is 7.55. The second-order valence-corrected chi connectivity index (χ2v) is 9.75. The number of rotatable bonds is 14. The molecule has 2 N–H and O–H groups in total. The minimum Gasteiger partial charge on any atom is -0.504 e. The van der Waals surface area contributed by atoms with E-state index in [1.54, 1.807) is 0 Å². The lowest BCUT2D eigenvalue weighted by Gasteiger charge is -2.29. The Morgan fingerprint density at radius 3 is 1.07 bits per heavy atom. The van der Waals surface area contributed by atoms with E-state index >= 15 is 0 Å². The average molecular weight is 645 g/mol. The Hall–Kier alpha value is -5.40. The molecule has 0 amide bonds. The van der Waals surface area contributed by atoms with Crippen LogP contribution in [0.1, 0.15) is 35.8 Å². The van der Waals surface area contributed by atoms with Crippen LogP contribution in [0.3, 0.4) is 0 Å². The van der Waals surface area contributed by atoms with Crippen LogP contribution in [0, 0.1) is 0 Å². The number of aliphatic hydroxyl groups is 2. The van der Waals surface area contributed by atoms with Crippen LogP contribution in [0.5, 0.6) is 34.5 Å². The van der Waals surface area contributed by atoms with Crippen LogP contribution < -0.4 is 28.4 Å². The maximum Gasteiger partial charge on any atom is 0.306 e. The molecule has 0 saturated heterocycles. The highest BCUT2D eigenvalue weighted by Crippen LogP contribution is 2.48. The van der Waals surface area contributed by atoms with E-state index in [-0.39, 0.29) is 45.6 Å². The molecule has 1 aliphatic rings. The molecular weight excluding hydrogens is 608 g/mol. The Bertz CT molecular complexity index is 1470. The topological polar surface area (TPSA) is 183 Å². The molecule has 1 aliphatic carbocycles. The highest BCUT2D eigenvalue weighted by atomic mass is 16.5. The molecule has 0 aromatic heterocycles. The number of Topliss-reactive ketones (excluding diaryl/α,β-unsaturated/α-hetero) is 2. The van der Waals surface area contributed by atoms with Gasteiger partial charge in [-0.3, -0.25) is 19.2 Å². The van der Waals surface area contributed by atoms with Crippen molar-refractivity contribution in [2.45, 2.75) is 24.7 Å². The molecule has 0 radical (unpaired) electrons. The summed E-state index contributed by atoms with van der Waals surface area (Å²) in [6, 6.07) is 5.69. The van der Waals surface area contributed by atoms with Gasteiger partial charge in [0.05, 0.1) is 80.9 Å². The Morgan fingerprint density at radius 2 is 0.804 bits per heavy atom. The summed E-state index contributed by atoms with van der Waals surface area (Å²) in [5.41, 5.74) is -0.953. The standard InChI is InChI=1S/C32H36O14/c1-39-19-13-23(43-5)21(41-3)9-15(19)17(11-25(33)45-7)27-29(35)31(37)28(32(38)30(27)36)18(12-26(34)46-8)16-10-22(42-4)24(44-6)14-20(16)40-2/h9-10,13-14,17-18,35,38H,11-12H2,1-8H3/t17-,18-/m0/s1. The molecule has 14 heteroatoms. The molecule has 0 aliphatic heterocycles. The van der Waals surface area contributed by atoms with E-state index in [2.05, 4.69) is 0 Å². The summed E-state index contributed by atoms with van der Waals surface area (Å²) in [7, 11) is 10.4. The van der Waals surface area contributed by atoms with Gasteiger partial charge in [0.15, 0.2) is 34.5 Å². The van der Waals surface area contributed by atoms with Gasteiger partial charge in [-0.15, -0.1) is 0 Å². The van der Waals surface area contributed by atoms with Crippen molar-refractivity contribution in [3.05, 3.63) is 58.1 Å². The summed E-state index contributed by atoms with van der Waals surface area (Å²) in [4.78, 5) is 53.2. The Kier molecular flexibility index (Phi) is 11.5. The molecule has 2 aromatic carbocycles. The first-order valence-corrected chi connectivity index (χ1v) is 13.7. The van der Waals surface area contributed by atoms with Crippen LogP contribution in [-0.2, 0) is 28.7 Å². The van der Waals surface area contributed by atoms with E-state index in [4.69, 9.17) is 37.9 Å². The smallest absolute Gasteiger partial charge is 0.306 e. The summed E-state index contributed by atoms with van der Waals surface area (Å²) in [6.07, 6.45) is -1.11. The summed E-state index contributed by atoms with van der Waals surface area (Å²) >= 11 is 0. The van der Waals surface area contributed by atoms with Crippen LogP contribution in [0.15, 0.2) is 46.9 Å². The van der Waals surface area contributed by atoms with Crippen molar-refractivity contribution in [3.8, 4) is 34.5 Å². The molecule has 0 saturated carbocycles. The van der Waals surface area contributed by atoms with Gasteiger partial charge in [-0.1, -0.05) is 0 Å². The predicted molar refractivity (Wildman–Crippen MR) is 160 cm³/mol. The molecule has 14 nitrogen and oxygen atoms in total. The van der Waals surface area contributed by atoms with Crippen molar-refractivity contribution in [1.82, 2.24) is 0 Å². The van der Waals surface area contributed by atoms with Gasteiger partial charge in [0.25, 0.3) is 0 Å². The van der Waals surface area contributed by atoms with E-state index in [0.717, 1.165) is 14.2 Å². The lowest BCUT2D eigenvalue weighted by atomic mass is 9.75. The first-order chi connectivity index (χ1) is 22.0. The molecule has 3 rings (SSSR count). The highest BCUT2D eigenvalue weighted by molar-refractivity contribution is 6.24. The molecule has 2 atom stereocenters. The van der Waals surface area contributed by atoms with Gasteiger partial charge in [0.2, 0.25) is 11.6 Å². The number of hydrogen-bond donors (Lipinski definition) is 2. The second-order valence-electron chi connectivity index (χ2n) is 9.75. The van der Waals surface area contributed by atoms with Crippen LogP contribution in [0.4, 0.5) is 0 Å². The van der Waals surface area contributed by atoms with Gasteiger partial charge in [0, 0.05) is 35.1 Å². The average Bonchev–Trinajstić information content (AvgIpc) is 3.08. The number of hydrogen-bond acceptors (Lipinski definition) is 14. The number of methoxy groups -OCH3 is 8. The van der Waals surface area contributed by atoms with Crippen LogP contribution in [0.25, 0.3) is 0 Å². The first kappa shape index (κ1) is 35.1. The minimum absolute atomic E-state index is 0.111. The number of aliphatic hydroxyl groups excluding tert-OH is 2. The van der Waals surface area contributed by atoms with Crippen molar-refractivity contribution in [1.29, 1.82) is 0 Å². The number of ether oxygens (including phenoxy) is 8. The maximum atomic E-state index is 14.0. The fourth-order valence-electron chi connectivity index (χ4n) is 5.25. The molecular formula is C32H36O14. The summed E-state index contributed by atoms with van der Waals surface area (Å²) in [5.74, 6) is -7.80. The van der Waals surface area contributed by atoms with Crippen LogP contribution >= 0.6 is 0 Å². The lowest BCUT2D eigenvalue weighted by molar-refractivity contribution is -0.142. The number of carbonyl (C=O) groups is 4. The van der Waals surface area contributed by atoms with Gasteiger partial charge in [0.1, 0.15) is 11.5 Å². The van der Waals surface area contributed by atoms with Crippen molar-refractivity contribution < 1.29 is 67.3 Å². The number of ketones is 2. The van der Waals surface area contributed by atoms with Gasteiger partial charge in [-0.05, 0) is 12.1 Å². The fraction of sp³-hybridized carbons (Fsp3) is 0.375. The molecule has 0 unspecified atom stereocenters. The Balaban J connectivity index is 2.32. The van der Waals surface area contributed by atoms with Gasteiger partial charge in [-0.25, -0.2) is 0 Å². The van der Waals surface area contributed by atoms with Gasteiger partial charge < -0.3 is 48.1 Å². The molecule has 0 spiro atoms. The van der Waals surface area contributed by atoms with Crippen molar-refractivity contribution in [3.63, 3.8) is 0 Å². The molecule has 46 heavy (non-hydrogen) atoms. The zero-order valence-corrected chi connectivity index (χ0v) is 26.7. The Labute approximate surface area is 265 Å².